The van der Waals surface area contributed by atoms with Crippen LogP contribution in [0.2, 0.25) is 0 Å². The minimum atomic E-state index is -0.260. The number of H-pyrrole nitrogens is 1. The fraction of sp³-hybridized carbons (Fsp3) is 0.333. The molecule has 0 aliphatic heterocycles. The molecule has 0 saturated heterocycles. The van der Waals surface area contributed by atoms with E-state index in [0.29, 0.717) is 34.4 Å². The molecule has 0 atom stereocenters. The van der Waals surface area contributed by atoms with Crippen molar-refractivity contribution in [3.8, 4) is 11.5 Å². The zero-order valence-corrected chi connectivity index (χ0v) is 12.8. The summed E-state index contributed by atoms with van der Waals surface area (Å²) in [5.74, 6) is 1.52. The number of hydrogen-bond donors (Lipinski definition) is 3. The number of anilines is 2. The number of hydrogen-bond acceptors (Lipinski definition) is 6. The summed E-state index contributed by atoms with van der Waals surface area (Å²) in [6, 6.07) is 5.29. The van der Waals surface area contributed by atoms with Gasteiger partial charge in [0.25, 0.3) is 5.56 Å². The van der Waals surface area contributed by atoms with E-state index >= 15 is 0 Å². The van der Waals surface area contributed by atoms with E-state index in [9.17, 15) is 4.79 Å². The Labute approximate surface area is 127 Å². The monoisotopic (exact) mass is 305 g/mol. The predicted octanol–water partition coefficient (Wildman–Crippen LogP) is 1.37. The van der Waals surface area contributed by atoms with Gasteiger partial charge in [0.15, 0.2) is 11.5 Å². The van der Waals surface area contributed by atoms with Crippen LogP contribution in [0.5, 0.6) is 11.5 Å². The second-order valence-electron chi connectivity index (χ2n) is 4.65. The lowest BCUT2D eigenvalue weighted by atomic mass is 10.2. The van der Waals surface area contributed by atoms with Gasteiger partial charge in [0.1, 0.15) is 0 Å². The molecule has 2 aromatic rings. The zero-order chi connectivity index (χ0) is 16.1. The molecule has 0 bridgehead atoms. The van der Waals surface area contributed by atoms with Gasteiger partial charge in [-0.05, 0) is 19.1 Å². The zero-order valence-electron chi connectivity index (χ0n) is 12.8. The maximum atomic E-state index is 12.0. The molecule has 0 amide bonds. The van der Waals surface area contributed by atoms with Crippen molar-refractivity contribution in [1.29, 1.82) is 0 Å². The molecule has 3 N–H and O–H groups in total. The third kappa shape index (κ3) is 3.37. The first kappa shape index (κ1) is 15.8. The molecule has 118 valence electrons. The lowest BCUT2D eigenvalue weighted by molar-refractivity contribution is 0.298. The Bertz CT molecular complexity index is 712. The number of rotatable bonds is 6. The van der Waals surface area contributed by atoms with E-state index < -0.39 is 0 Å². The van der Waals surface area contributed by atoms with Crippen LogP contribution in [0.4, 0.5) is 11.6 Å². The Balaban J connectivity index is 2.29. The number of aliphatic hydroxyl groups is 1. The van der Waals surface area contributed by atoms with Crippen LogP contribution in [0.3, 0.4) is 0 Å². The number of aliphatic hydroxyl groups excluding tert-OH is 1. The van der Waals surface area contributed by atoms with E-state index in [4.69, 9.17) is 14.6 Å². The first-order chi connectivity index (χ1) is 10.6. The number of aryl methyl sites for hydroxylation is 1. The van der Waals surface area contributed by atoms with E-state index in [1.54, 1.807) is 39.3 Å². The van der Waals surface area contributed by atoms with Crippen molar-refractivity contribution in [3.05, 3.63) is 39.8 Å². The van der Waals surface area contributed by atoms with Crippen LogP contribution in [-0.2, 0) is 6.42 Å². The summed E-state index contributed by atoms with van der Waals surface area (Å²) in [5.41, 5.74) is 1.51. The van der Waals surface area contributed by atoms with Gasteiger partial charge in [-0.15, -0.1) is 0 Å². The third-order valence-electron chi connectivity index (χ3n) is 3.23. The van der Waals surface area contributed by atoms with Gasteiger partial charge in [-0.3, -0.25) is 9.78 Å². The predicted molar refractivity (Wildman–Crippen MR) is 83.2 cm³/mol. The number of nitrogens with one attached hydrogen (secondary N) is 2. The normalized spacial score (nSPS) is 10.4. The lowest BCUT2D eigenvalue weighted by Crippen LogP contribution is -2.19. The first-order valence-corrected chi connectivity index (χ1v) is 6.78. The largest absolute Gasteiger partial charge is 0.493 e. The van der Waals surface area contributed by atoms with Crippen LogP contribution in [-0.4, -0.2) is 35.9 Å². The average Bonchev–Trinajstić information content (AvgIpc) is 2.50. The highest BCUT2D eigenvalue weighted by atomic mass is 16.5. The highest BCUT2D eigenvalue weighted by Crippen LogP contribution is 2.30. The summed E-state index contributed by atoms with van der Waals surface area (Å²) in [4.78, 5) is 18.9. The van der Waals surface area contributed by atoms with Crippen LogP contribution in [0.1, 0.15) is 11.3 Å². The lowest BCUT2D eigenvalue weighted by Gasteiger charge is -2.11. The number of aromatic amines is 1. The molecule has 0 aliphatic carbocycles. The average molecular weight is 305 g/mol. The maximum absolute atomic E-state index is 12.0. The van der Waals surface area contributed by atoms with E-state index in [-0.39, 0.29) is 18.6 Å². The topological polar surface area (TPSA) is 96.5 Å². The van der Waals surface area contributed by atoms with E-state index in [1.807, 2.05) is 0 Å². The molecule has 7 nitrogen and oxygen atoms in total. The molecule has 0 radical (unpaired) electrons. The quantitative estimate of drug-likeness (QED) is 0.746. The van der Waals surface area contributed by atoms with Crippen molar-refractivity contribution in [1.82, 2.24) is 9.97 Å². The second-order valence-corrected chi connectivity index (χ2v) is 4.65. The van der Waals surface area contributed by atoms with Gasteiger partial charge < -0.3 is 19.9 Å². The van der Waals surface area contributed by atoms with Gasteiger partial charge in [-0.25, -0.2) is 4.98 Å². The van der Waals surface area contributed by atoms with Crippen molar-refractivity contribution in [3.63, 3.8) is 0 Å². The summed E-state index contributed by atoms with van der Waals surface area (Å²) in [6.45, 7) is 1.65. The highest BCUT2D eigenvalue weighted by Gasteiger charge is 2.09. The molecule has 22 heavy (non-hydrogen) atoms. The molecule has 0 spiro atoms. The molecule has 0 aliphatic rings. The Morgan fingerprint density at radius 1 is 1.27 bits per heavy atom. The molecular weight excluding hydrogens is 286 g/mol. The Morgan fingerprint density at radius 3 is 2.59 bits per heavy atom. The van der Waals surface area contributed by atoms with Crippen molar-refractivity contribution in [2.24, 2.45) is 0 Å². The summed E-state index contributed by atoms with van der Waals surface area (Å²) < 4.78 is 10.4. The Hall–Kier alpha value is -2.54. The van der Waals surface area contributed by atoms with Gasteiger partial charge in [0.05, 0.1) is 19.9 Å². The van der Waals surface area contributed by atoms with Gasteiger partial charge in [-0.2, -0.15) is 0 Å². The second kappa shape index (κ2) is 6.95. The van der Waals surface area contributed by atoms with Crippen LogP contribution < -0.4 is 20.3 Å². The van der Waals surface area contributed by atoms with E-state index in [2.05, 4.69) is 15.3 Å². The minimum Gasteiger partial charge on any atom is -0.493 e. The van der Waals surface area contributed by atoms with Crippen LogP contribution in [0, 0.1) is 6.92 Å². The fourth-order valence-corrected chi connectivity index (χ4v) is 2.13. The molecular formula is C15H19N3O4. The summed E-state index contributed by atoms with van der Waals surface area (Å²) in [5, 5.41) is 12.0. The Morgan fingerprint density at radius 2 is 2.00 bits per heavy atom. The van der Waals surface area contributed by atoms with Crippen molar-refractivity contribution in [2.45, 2.75) is 13.3 Å². The van der Waals surface area contributed by atoms with Gasteiger partial charge in [0, 0.05) is 30.3 Å². The van der Waals surface area contributed by atoms with Gasteiger partial charge >= 0.3 is 0 Å². The highest BCUT2D eigenvalue weighted by molar-refractivity contribution is 5.59. The molecule has 0 saturated carbocycles. The third-order valence-corrected chi connectivity index (χ3v) is 3.23. The summed E-state index contributed by atoms with van der Waals surface area (Å²) in [7, 11) is 3.11. The Kier molecular flexibility index (Phi) is 5.00. The number of methoxy groups -OCH3 is 2. The van der Waals surface area contributed by atoms with Crippen LogP contribution >= 0.6 is 0 Å². The van der Waals surface area contributed by atoms with E-state index in [1.165, 1.54) is 0 Å². The number of aromatic nitrogens is 2. The maximum Gasteiger partial charge on any atom is 0.255 e. The van der Waals surface area contributed by atoms with E-state index in [0.717, 1.165) is 0 Å². The molecule has 7 heteroatoms. The molecule has 1 heterocycles. The summed E-state index contributed by atoms with van der Waals surface area (Å²) >= 11 is 0. The van der Waals surface area contributed by atoms with Crippen molar-refractivity contribution < 1.29 is 14.6 Å². The molecule has 1 aromatic heterocycles. The van der Waals surface area contributed by atoms with Crippen molar-refractivity contribution >= 4 is 11.6 Å². The smallest absolute Gasteiger partial charge is 0.255 e. The SMILES string of the molecule is COc1ccc(Nc2nc(C)c(CCO)c(=O)[nH]2)cc1OC. The van der Waals surface area contributed by atoms with Crippen molar-refractivity contribution in [2.75, 3.05) is 26.1 Å². The number of ether oxygens (including phenoxy) is 2. The van der Waals surface area contributed by atoms with Crippen LogP contribution in [0.15, 0.2) is 23.0 Å². The standard InChI is InChI=1S/C15H19N3O4/c1-9-11(6-7-19)14(20)18-15(16-9)17-10-4-5-12(21-2)13(8-10)22-3/h4-5,8,19H,6-7H2,1-3H3,(H2,16,17,18,20). The van der Waals surface area contributed by atoms with Gasteiger partial charge in [-0.1, -0.05) is 0 Å². The molecule has 1 aromatic carbocycles. The first-order valence-electron chi connectivity index (χ1n) is 6.78. The summed E-state index contributed by atoms with van der Waals surface area (Å²) in [6.07, 6.45) is 0.283. The molecule has 0 unspecified atom stereocenters. The molecule has 0 fully saturated rings. The fourth-order valence-electron chi connectivity index (χ4n) is 2.13. The molecule has 2 rings (SSSR count). The van der Waals surface area contributed by atoms with Gasteiger partial charge in [0.2, 0.25) is 5.95 Å². The van der Waals surface area contributed by atoms with Crippen LogP contribution in [0.25, 0.3) is 0 Å². The minimum absolute atomic E-state index is 0.0892. The number of benzene rings is 1. The number of nitrogens with zero attached hydrogens (tertiary/aromatic N) is 1.